The van der Waals surface area contributed by atoms with Gasteiger partial charge in [0.05, 0.1) is 5.69 Å². The van der Waals surface area contributed by atoms with Crippen molar-refractivity contribution in [1.29, 1.82) is 0 Å². The zero-order valence-corrected chi connectivity index (χ0v) is 15.3. The van der Waals surface area contributed by atoms with E-state index in [4.69, 9.17) is 5.73 Å². The Morgan fingerprint density at radius 2 is 1.65 bits per heavy atom. The van der Waals surface area contributed by atoms with Crippen LogP contribution in [0, 0.1) is 0 Å². The van der Waals surface area contributed by atoms with Crippen LogP contribution in [-0.2, 0) is 0 Å². The normalized spacial score (nSPS) is 17.4. The first kappa shape index (κ1) is 18.4. The van der Waals surface area contributed by atoms with Crippen LogP contribution in [0.2, 0.25) is 0 Å². The van der Waals surface area contributed by atoms with E-state index in [1.165, 1.54) is 11.1 Å². The van der Waals surface area contributed by atoms with E-state index in [-0.39, 0.29) is 18.4 Å². The second-order valence-corrected chi connectivity index (χ2v) is 6.51. The molecule has 1 atom stereocenters. The van der Waals surface area contributed by atoms with Gasteiger partial charge in [-0.3, -0.25) is 0 Å². The van der Waals surface area contributed by atoms with E-state index < -0.39 is 0 Å². The van der Waals surface area contributed by atoms with Gasteiger partial charge in [0, 0.05) is 19.1 Å². The molecular weight excluding hydrogens is 348 g/mol. The largest absolute Gasteiger partial charge is 0.338 e. The number of tetrazole rings is 1. The van der Waals surface area contributed by atoms with Crippen LogP contribution in [0.15, 0.2) is 54.6 Å². The van der Waals surface area contributed by atoms with Gasteiger partial charge in [-0.2, -0.15) is 4.68 Å². The molecule has 6 nitrogen and oxygen atoms in total. The SMILES string of the molecule is Cl.NC1CCCCN(c2nnnn2-c2ccc(-c3ccccc3)cc2)C1. The van der Waals surface area contributed by atoms with Crippen LogP contribution >= 0.6 is 12.4 Å². The van der Waals surface area contributed by atoms with Crippen molar-refractivity contribution >= 4 is 18.4 Å². The van der Waals surface area contributed by atoms with Crippen LogP contribution in [0.5, 0.6) is 0 Å². The minimum Gasteiger partial charge on any atom is -0.338 e. The highest BCUT2D eigenvalue weighted by Crippen LogP contribution is 2.23. The Labute approximate surface area is 159 Å². The molecular formula is C19H23ClN6. The quantitative estimate of drug-likeness (QED) is 0.767. The Bertz CT molecular complexity index is 818. The molecule has 0 radical (unpaired) electrons. The molecule has 7 heteroatoms. The minimum absolute atomic E-state index is 0. The standard InChI is InChI=1S/C19H22N6.ClH/c20-17-8-4-5-13-24(14-17)19-21-22-23-25(19)18-11-9-16(10-12-18)15-6-2-1-3-7-15;/h1-3,6-7,9-12,17H,4-5,8,13-14,20H2;1H. The summed E-state index contributed by atoms with van der Waals surface area (Å²) in [5.41, 5.74) is 9.52. The highest BCUT2D eigenvalue weighted by molar-refractivity contribution is 5.85. The lowest BCUT2D eigenvalue weighted by molar-refractivity contribution is 0.616. The van der Waals surface area contributed by atoms with E-state index in [1.807, 2.05) is 18.2 Å². The number of aromatic nitrogens is 4. The Morgan fingerprint density at radius 3 is 2.42 bits per heavy atom. The molecule has 26 heavy (non-hydrogen) atoms. The molecule has 1 fully saturated rings. The topological polar surface area (TPSA) is 72.9 Å². The Balaban J connectivity index is 0.00000196. The number of nitrogens with zero attached hydrogens (tertiary/aromatic N) is 5. The lowest BCUT2D eigenvalue weighted by atomic mass is 10.1. The predicted molar refractivity (Wildman–Crippen MR) is 106 cm³/mol. The van der Waals surface area contributed by atoms with Crippen LogP contribution in [-0.4, -0.2) is 39.3 Å². The summed E-state index contributed by atoms with van der Waals surface area (Å²) in [6.45, 7) is 1.73. The summed E-state index contributed by atoms with van der Waals surface area (Å²) in [7, 11) is 0. The fourth-order valence-corrected chi connectivity index (χ4v) is 3.33. The summed E-state index contributed by atoms with van der Waals surface area (Å²) in [6, 6.07) is 18.8. The van der Waals surface area contributed by atoms with Gasteiger partial charge < -0.3 is 10.6 Å². The first-order valence-electron chi connectivity index (χ1n) is 8.76. The first-order chi connectivity index (χ1) is 12.3. The molecule has 0 amide bonds. The Kier molecular flexibility index (Phi) is 5.85. The van der Waals surface area contributed by atoms with Crippen LogP contribution in [0.4, 0.5) is 5.95 Å². The fourth-order valence-electron chi connectivity index (χ4n) is 3.33. The van der Waals surface area contributed by atoms with Crippen molar-refractivity contribution in [2.24, 2.45) is 5.73 Å². The lowest BCUT2D eigenvalue weighted by Crippen LogP contribution is -2.37. The van der Waals surface area contributed by atoms with Crippen LogP contribution in [0.3, 0.4) is 0 Å². The van der Waals surface area contributed by atoms with Gasteiger partial charge in [0.2, 0.25) is 5.95 Å². The highest BCUT2D eigenvalue weighted by atomic mass is 35.5. The third-order valence-electron chi connectivity index (χ3n) is 4.66. The molecule has 1 aliphatic rings. The monoisotopic (exact) mass is 370 g/mol. The first-order valence-corrected chi connectivity index (χ1v) is 8.76. The third kappa shape index (κ3) is 3.86. The number of hydrogen-bond donors (Lipinski definition) is 1. The molecule has 136 valence electrons. The second-order valence-electron chi connectivity index (χ2n) is 6.51. The molecule has 2 heterocycles. The number of benzene rings is 2. The average molecular weight is 371 g/mol. The zero-order valence-electron chi connectivity index (χ0n) is 14.5. The molecule has 1 aliphatic heterocycles. The molecule has 3 aromatic rings. The van der Waals surface area contributed by atoms with Gasteiger partial charge in [0.15, 0.2) is 0 Å². The average Bonchev–Trinajstić information content (AvgIpc) is 3.05. The van der Waals surface area contributed by atoms with Crippen molar-refractivity contribution in [3.63, 3.8) is 0 Å². The van der Waals surface area contributed by atoms with Crippen LogP contribution < -0.4 is 10.6 Å². The van der Waals surface area contributed by atoms with E-state index in [1.54, 1.807) is 4.68 Å². The van der Waals surface area contributed by atoms with Gasteiger partial charge >= 0.3 is 0 Å². The molecule has 1 aromatic heterocycles. The minimum atomic E-state index is 0. The maximum absolute atomic E-state index is 6.18. The van der Waals surface area contributed by atoms with Crippen molar-refractivity contribution in [2.45, 2.75) is 25.3 Å². The molecule has 4 rings (SSSR count). The summed E-state index contributed by atoms with van der Waals surface area (Å²) in [5, 5.41) is 12.3. The van der Waals surface area contributed by atoms with E-state index in [9.17, 15) is 0 Å². The summed E-state index contributed by atoms with van der Waals surface area (Å²) >= 11 is 0. The number of halogens is 1. The zero-order chi connectivity index (χ0) is 17.1. The molecule has 0 spiro atoms. The van der Waals surface area contributed by atoms with Gasteiger partial charge in [-0.1, -0.05) is 54.0 Å². The van der Waals surface area contributed by atoms with Gasteiger partial charge in [-0.05, 0) is 46.5 Å². The molecule has 0 aliphatic carbocycles. The summed E-state index contributed by atoms with van der Waals surface area (Å²) in [6.07, 6.45) is 3.34. The van der Waals surface area contributed by atoms with Gasteiger partial charge in [-0.25, -0.2) is 0 Å². The summed E-state index contributed by atoms with van der Waals surface area (Å²) < 4.78 is 1.80. The smallest absolute Gasteiger partial charge is 0.250 e. The number of rotatable bonds is 3. The van der Waals surface area contributed by atoms with Crippen molar-refractivity contribution in [3.8, 4) is 16.8 Å². The molecule has 0 saturated carbocycles. The predicted octanol–water partition coefficient (Wildman–Crippen LogP) is 3.07. The summed E-state index contributed by atoms with van der Waals surface area (Å²) in [4.78, 5) is 2.20. The number of anilines is 1. The van der Waals surface area contributed by atoms with Crippen molar-refractivity contribution in [3.05, 3.63) is 54.6 Å². The fraction of sp³-hybridized carbons (Fsp3) is 0.316. The van der Waals surface area contributed by atoms with Crippen molar-refractivity contribution < 1.29 is 0 Å². The molecule has 2 N–H and O–H groups in total. The van der Waals surface area contributed by atoms with E-state index >= 15 is 0 Å². The number of hydrogen-bond acceptors (Lipinski definition) is 5. The molecule has 0 bridgehead atoms. The second kappa shape index (κ2) is 8.29. The third-order valence-corrected chi connectivity index (χ3v) is 4.66. The Morgan fingerprint density at radius 1 is 0.923 bits per heavy atom. The summed E-state index contributed by atoms with van der Waals surface area (Å²) in [5.74, 6) is 0.768. The van der Waals surface area contributed by atoms with E-state index in [0.717, 1.165) is 44.0 Å². The maximum Gasteiger partial charge on any atom is 0.250 e. The Hall–Kier alpha value is -2.44. The highest BCUT2D eigenvalue weighted by Gasteiger charge is 2.21. The van der Waals surface area contributed by atoms with Crippen LogP contribution in [0.25, 0.3) is 16.8 Å². The maximum atomic E-state index is 6.18. The number of nitrogens with two attached hydrogens (primary N) is 1. The van der Waals surface area contributed by atoms with Gasteiger partial charge in [0.1, 0.15) is 0 Å². The van der Waals surface area contributed by atoms with Crippen LogP contribution in [0.1, 0.15) is 19.3 Å². The van der Waals surface area contributed by atoms with Gasteiger partial charge in [0.25, 0.3) is 0 Å². The lowest BCUT2D eigenvalue weighted by Gasteiger charge is -2.22. The molecule has 1 saturated heterocycles. The molecule has 2 aromatic carbocycles. The van der Waals surface area contributed by atoms with E-state index in [2.05, 4.69) is 56.8 Å². The molecule has 1 unspecified atom stereocenters. The van der Waals surface area contributed by atoms with Gasteiger partial charge in [-0.15, -0.1) is 12.4 Å². The van der Waals surface area contributed by atoms with E-state index in [0.29, 0.717) is 0 Å². The van der Waals surface area contributed by atoms with Crippen molar-refractivity contribution in [1.82, 2.24) is 20.2 Å². The van der Waals surface area contributed by atoms with Crippen molar-refractivity contribution in [2.75, 3.05) is 18.0 Å².